The van der Waals surface area contributed by atoms with E-state index in [9.17, 15) is 13.5 Å². The molecule has 2 N–H and O–H groups in total. The van der Waals surface area contributed by atoms with Gasteiger partial charge in [-0.3, -0.25) is 0 Å². The number of hydrogen-bond donors (Lipinski definition) is 2. The van der Waals surface area contributed by atoms with Crippen LogP contribution in [-0.2, 0) is 15.4 Å². The van der Waals surface area contributed by atoms with Crippen molar-refractivity contribution in [1.82, 2.24) is 4.72 Å². The summed E-state index contributed by atoms with van der Waals surface area (Å²) in [5.74, 6) is 0.132. The number of benzene rings is 2. The monoisotopic (exact) mass is 375 g/mol. The van der Waals surface area contributed by atoms with Crippen LogP contribution in [0.25, 0.3) is 0 Å². The molecule has 0 saturated heterocycles. The van der Waals surface area contributed by atoms with Gasteiger partial charge in [-0.15, -0.1) is 0 Å². The first kappa shape index (κ1) is 20.6. The van der Waals surface area contributed by atoms with Crippen LogP contribution in [-0.4, -0.2) is 26.7 Å². The number of rotatable bonds is 8. The average molecular weight is 376 g/mol. The Bertz CT molecular complexity index is 778. The number of nitrogens with one attached hydrogen (secondary N) is 1. The maximum Gasteiger partial charge on any atom is 0.240 e. The van der Waals surface area contributed by atoms with Gasteiger partial charge >= 0.3 is 0 Å². The van der Waals surface area contributed by atoms with E-state index in [0.717, 1.165) is 11.1 Å². The lowest BCUT2D eigenvalue weighted by Crippen LogP contribution is -2.26. The van der Waals surface area contributed by atoms with Gasteiger partial charge in [0, 0.05) is 13.2 Å². The summed E-state index contributed by atoms with van der Waals surface area (Å²) < 4.78 is 27.7. The van der Waals surface area contributed by atoms with Gasteiger partial charge in [0.2, 0.25) is 10.0 Å². The molecule has 0 heterocycles. The smallest absolute Gasteiger partial charge is 0.240 e. The fraction of sp³-hybridized carbons (Fsp3) is 0.429. The number of hydrogen-bond acceptors (Lipinski definition) is 3. The predicted octanol–water partition coefficient (Wildman–Crippen LogP) is 3.82. The molecule has 0 aliphatic heterocycles. The van der Waals surface area contributed by atoms with Crippen LogP contribution in [0.1, 0.15) is 50.7 Å². The van der Waals surface area contributed by atoms with Gasteiger partial charge in [-0.2, -0.15) is 0 Å². The van der Waals surface area contributed by atoms with Crippen molar-refractivity contribution in [2.24, 2.45) is 0 Å². The second-order valence-corrected chi connectivity index (χ2v) is 9.35. The minimum Gasteiger partial charge on any atom is -0.396 e. The fourth-order valence-electron chi connectivity index (χ4n) is 2.94. The lowest BCUT2D eigenvalue weighted by molar-refractivity contribution is 0.273. The maximum atomic E-state index is 12.5. The Hall–Kier alpha value is -1.69. The van der Waals surface area contributed by atoms with Gasteiger partial charge in [0.15, 0.2) is 0 Å². The van der Waals surface area contributed by atoms with E-state index in [2.05, 4.69) is 25.5 Å². The lowest BCUT2D eigenvalue weighted by Gasteiger charge is -2.19. The normalized spacial score (nSPS) is 13.5. The minimum atomic E-state index is -3.53. The van der Waals surface area contributed by atoms with Crippen LogP contribution in [0.5, 0.6) is 0 Å². The number of aliphatic hydroxyl groups is 1. The predicted molar refractivity (Wildman–Crippen MR) is 106 cm³/mol. The molecule has 142 valence electrons. The summed E-state index contributed by atoms with van der Waals surface area (Å²) in [4.78, 5) is 0.281. The lowest BCUT2D eigenvalue weighted by atomic mass is 9.87. The molecule has 0 spiro atoms. The molecule has 4 nitrogen and oxygen atoms in total. The van der Waals surface area contributed by atoms with E-state index >= 15 is 0 Å². The molecule has 0 saturated carbocycles. The Morgan fingerprint density at radius 1 is 0.962 bits per heavy atom. The highest BCUT2D eigenvalue weighted by Gasteiger charge is 2.18. The van der Waals surface area contributed by atoms with E-state index in [0.29, 0.717) is 19.4 Å². The summed E-state index contributed by atoms with van der Waals surface area (Å²) >= 11 is 0. The van der Waals surface area contributed by atoms with Crippen molar-refractivity contribution < 1.29 is 13.5 Å². The van der Waals surface area contributed by atoms with E-state index in [4.69, 9.17) is 0 Å². The highest BCUT2D eigenvalue weighted by atomic mass is 32.2. The van der Waals surface area contributed by atoms with Crippen molar-refractivity contribution in [3.63, 3.8) is 0 Å². The summed E-state index contributed by atoms with van der Waals surface area (Å²) in [5, 5.41) is 9.29. The molecular formula is C21H29NO3S. The van der Waals surface area contributed by atoms with Gasteiger partial charge in [-0.05, 0) is 47.4 Å². The zero-order valence-corrected chi connectivity index (χ0v) is 16.6. The molecule has 0 bridgehead atoms. The Kier molecular flexibility index (Phi) is 6.98. The summed E-state index contributed by atoms with van der Waals surface area (Å²) in [6, 6.07) is 16.9. The van der Waals surface area contributed by atoms with Gasteiger partial charge in [0.05, 0.1) is 4.90 Å². The van der Waals surface area contributed by atoms with E-state index < -0.39 is 10.0 Å². The molecule has 1 unspecified atom stereocenters. The average Bonchev–Trinajstić information content (AvgIpc) is 2.61. The molecule has 2 rings (SSSR count). The van der Waals surface area contributed by atoms with Crippen molar-refractivity contribution >= 4 is 10.0 Å². The third kappa shape index (κ3) is 5.66. The number of aliphatic hydroxyl groups excluding tert-OH is 1. The molecule has 2 aromatic carbocycles. The third-order valence-electron chi connectivity index (χ3n) is 4.56. The molecular weight excluding hydrogens is 346 g/mol. The third-order valence-corrected chi connectivity index (χ3v) is 6.04. The van der Waals surface area contributed by atoms with Crippen molar-refractivity contribution in [1.29, 1.82) is 0 Å². The van der Waals surface area contributed by atoms with Crippen LogP contribution in [0.2, 0.25) is 0 Å². The second kappa shape index (κ2) is 8.80. The Balaban J connectivity index is 2.00. The second-order valence-electron chi connectivity index (χ2n) is 7.58. The molecule has 5 heteroatoms. The summed E-state index contributed by atoms with van der Waals surface area (Å²) in [6.07, 6.45) is 1.26. The van der Waals surface area contributed by atoms with Crippen LogP contribution < -0.4 is 4.72 Å². The van der Waals surface area contributed by atoms with Crippen molar-refractivity contribution in [3.05, 3.63) is 65.7 Å². The van der Waals surface area contributed by atoms with E-state index in [1.165, 1.54) is 0 Å². The van der Waals surface area contributed by atoms with Crippen molar-refractivity contribution in [2.45, 2.75) is 49.8 Å². The maximum absolute atomic E-state index is 12.5. The van der Waals surface area contributed by atoms with Gasteiger partial charge < -0.3 is 5.11 Å². The van der Waals surface area contributed by atoms with Crippen molar-refractivity contribution in [2.75, 3.05) is 13.2 Å². The Labute approximate surface area is 157 Å². The first-order valence-corrected chi connectivity index (χ1v) is 10.5. The van der Waals surface area contributed by atoms with E-state index in [-0.39, 0.29) is 22.8 Å². The summed E-state index contributed by atoms with van der Waals surface area (Å²) in [6.45, 7) is 6.71. The van der Waals surface area contributed by atoms with Crippen LogP contribution >= 0.6 is 0 Å². The molecule has 0 amide bonds. The zero-order chi connectivity index (χ0) is 19.2. The van der Waals surface area contributed by atoms with Gasteiger partial charge in [0.25, 0.3) is 0 Å². The largest absolute Gasteiger partial charge is 0.396 e. The van der Waals surface area contributed by atoms with Gasteiger partial charge in [-0.1, -0.05) is 63.2 Å². The van der Waals surface area contributed by atoms with Crippen LogP contribution in [0, 0.1) is 0 Å². The Morgan fingerprint density at radius 2 is 1.58 bits per heavy atom. The molecule has 0 aliphatic rings. The summed E-state index contributed by atoms with van der Waals surface area (Å²) in [7, 11) is -3.53. The molecule has 0 aromatic heterocycles. The molecule has 0 fully saturated rings. The summed E-state index contributed by atoms with van der Waals surface area (Å²) in [5.41, 5.74) is 2.21. The molecule has 26 heavy (non-hydrogen) atoms. The van der Waals surface area contributed by atoms with Crippen LogP contribution in [0.3, 0.4) is 0 Å². The molecule has 0 aliphatic carbocycles. The first-order chi connectivity index (χ1) is 12.2. The van der Waals surface area contributed by atoms with Crippen LogP contribution in [0.15, 0.2) is 59.5 Å². The van der Waals surface area contributed by atoms with E-state index in [1.807, 2.05) is 42.5 Å². The quantitative estimate of drug-likeness (QED) is 0.737. The van der Waals surface area contributed by atoms with Gasteiger partial charge in [-0.25, -0.2) is 13.1 Å². The highest BCUT2D eigenvalue weighted by molar-refractivity contribution is 7.89. The van der Waals surface area contributed by atoms with E-state index in [1.54, 1.807) is 12.1 Å². The van der Waals surface area contributed by atoms with Crippen molar-refractivity contribution in [3.8, 4) is 0 Å². The SMILES string of the molecule is CC(C)(C)c1ccc(S(=O)(=O)NCCC(CCO)c2ccccc2)cc1. The first-order valence-electron chi connectivity index (χ1n) is 9.00. The number of sulfonamides is 1. The molecule has 1 atom stereocenters. The molecule has 0 radical (unpaired) electrons. The van der Waals surface area contributed by atoms with Crippen LogP contribution in [0.4, 0.5) is 0 Å². The van der Waals surface area contributed by atoms with Gasteiger partial charge in [0.1, 0.15) is 0 Å². The minimum absolute atomic E-state index is 0.0110. The Morgan fingerprint density at radius 3 is 2.12 bits per heavy atom. The fourth-order valence-corrected chi connectivity index (χ4v) is 3.99. The highest BCUT2D eigenvalue weighted by Crippen LogP contribution is 2.24. The topological polar surface area (TPSA) is 66.4 Å². The standard InChI is InChI=1S/C21H29NO3S/c1-21(2,3)19-9-11-20(12-10-19)26(24,25)22-15-13-18(14-16-23)17-7-5-4-6-8-17/h4-12,18,22-23H,13-16H2,1-3H3. The molecule has 2 aromatic rings. The zero-order valence-electron chi connectivity index (χ0n) is 15.8.